The molecular formula is C14H18ClN5O2. The number of carbonyl (C=O) groups is 1. The van der Waals surface area contributed by atoms with Gasteiger partial charge in [0.15, 0.2) is 0 Å². The molecule has 1 saturated heterocycles. The molecule has 0 radical (unpaired) electrons. The Kier molecular flexibility index (Phi) is 4.44. The second kappa shape index (κ2) is 6.50. The van der Waals surface area contributed by atoms with Crippen molar-refractivity contribution in [2.24, 2.45) is 7.05 Å². The molecule has 7 nitrogen and oxygen atoms in total. The van der Waals surface area contributed by atoms with Crippen molar-refractivity contribution >= 4 is 17.5 Å². The van der Waals surface area contributed by atoms with Crippen LogP contribution in [0.3, 0.4) is 0 Å². The lowest BCUT2D eigenvalue weighted by molar-refractivity contribution is -0.122. The highest BCUT2D eigenvalue weighted by Gasteiger charge is 2.32. The van der Waals surface area contributed by atoms with E-state index in [2.05, 4.69) is 15.5 Å². The van der Waals surface area contributed by atoms with Gasteiger partial charge in [-0.15, -0.1) is 0 Å². The molecule has 0 aromatic carbocycles. The first-order valence-corrected chi connectivity index (χ1v) is 7.58. The van der Waals surface area contributed by atoms with Crippen LogP contribution in [0.25, 0.3) is 0 Å². The van der Waals surface area contributed by atoms with Crippen LogP contribution in [0.2, 0.25) is 5.02 Å². The molecule has 0 bridgehead atoms. The highest BCUT2D eigenvalue weighted by Crippen LogP contribution is 2.28. The third-order valence-electron chi connectivity index (χ3n) is 3.76. The van der Waals surface area contributed by atoms with Crippen LogP contribution in [-0.2, 0) is 23.1 Å². The maximum atomic E-state index is 12.1. The number of hydrogen-bond donors (Lipinski definition) is 1. The normalized spacial score (nSPS) is 21.2. The molecule has 0 saturated carbocycles. The molecule has 1 fully saturated rings. The Balaban J connectivity index is 1.55. The van der Waals surface area contributed by atoms with E-state index in [0.29, 0.717) is 24.6 Å². The van der Waals surface area contributed by atoms with Gasteiger partial charge in [0.1, 0.15) is 6.10 Å². The number of amides is 1. The van der Waals surface area contributed by atoms with Crippen LogP contribution in [0.1, 0.15) is 24.6 Å². The van der Waals surface area contributed by atoms with Gasteiger partial charge >= 0.3 is 0 Å². The molecular weight excluding hydrogens is 306 g/mol. The topological polar surface area (TPSA) is 74.0 Å². The van der Waals surface area contributed by atoms with E-state index in [4.69, 9.17) is 16.3 Å². The van der Waals surface area contributed by atoms with E-state index >= 15 is 0 Å². The van der Waals surface area contributed by atoms with Crippen LogP contribution in [0, 0.1) is 0 Å². The summed E-state index contributed by atoms with van der Waals surface area (Å²) >= 11 is 5.80. The summed E-state index contributed by atoms with van der Waals surface area (Å²) < 4.78 is 9.18. The number of hydrogen-bond acceptors (Lipinski definition) is 4. The second-order valence-corrected chi connectivity index (χ2v) is 5.74. The van der Waals surface area contributed by atoms with Gasteiger partial charge in [0, 0.05) is 39.0 Å². The summed E-state index contributed by atoms with van der Waals surface area (Å²) in [6, 6.07) is 1.89. The fourth-order valence-electron chi connectivity index (χ4n) is 2.65. The van der Waals surface area contributed by atoms with Gasteiger partial charge in [0.2, 0.25) is 5.91 Å². The lowest BCUT2D eigenvalue weighted by atomic mass is 10.1. The smallest absolute Gasteiger partial charge is 0.222 e. The zero-order valence-electron chi connectivity index (χ0n) is 12.3. The molecule has 1 aliphatic heterocycles. The molecule has 2 aromatic rings. The zero-order valence-corrected chi connectivity index (χ0v) is 13.0. The molecule has 3 heterocycles. The quantitative estimate of drug-likeness (QED) is 0.900. The third-order valence-corrected chi connectivity index (χ3v) is 3.95. The molecule has 118 valence electrons. The summed E-state index contributed by atoms with van der Waals surface area (Å²) in [6.07, 6.45) is 6.00. The summed E-state index contributed by atoms with van der Waals surface area (Å²) in [5.74, 6) is -0.0192. The first-order chi connectivity index (χ1) is 10.6. The van der Waals surface area contributed by atoms with Crippen molar-refractivity contribution in [2.45, 2.75) is 31.5 Å². The lowest BCUT2D eigenvalue weighted by Gasteiger charge is -2.20. The maximum Gasteiger partial charge on any atom is 0.222 e. The highest BCUT2D eigenvalue weighted by molar-refractivity contribution is 6.30. The Morgan fingerprint density at radius 1 is 1.55 bits per heavy atom. The second-order valence-electron chi connectivity index (χ2n) is 5.31. The van der Waals surface area contributed by atoms with Gasteiger partial charge in [-0.05, 0) is 12.5 Å². The molecule has 1 aliphatic rings. The van der Waals surface area contributed by atoms with Crippen LogP contribution >= 0.6 is 11.6 Å². The predicted molar refractivity (Wildman–Crippen MR) is 80.3 cm³/mol. The van der Waals surface area contributed by atoms with Crippen molar-refractivity contribution in [1.82, 2.24) is 24.9 Å². The number of rotatable bonds is 5. The number of ether oxygens (including phenoxy) is 1. The number of aryl methyl sites for hydroxylation is 2. The highest BCUT2D eigenvalue weighted by atomic mass is 35.5. The van der Waals surface area contributed by atoms with E-state index in [1.807, 2.05) is 13.1 Å². The van der Waals surface area contributed by atoms with E-state index in [1.165, 1.54) is 0 Å². The Morgan fingerprint density at radius 3 is 3.09 bits per heavy atom. The molecule has 8 heteroatoms. The van der Waals surface area contributed by atoms with Crippen LogP contribution in [0.5, 0.6) is 0 Å². The molecule has 3 rings (SSSR count). The molecule has 0 unspecified atom stereocenters. The van der Waals surface area contributed by atoms with Gasteiger partial charge < -0.3 is 10.1 Å². The van der Waals surface area contributed by atoms with E-state index in [0.717, 1.165) is 12.1 Å². The van der Waals surface area contributed by atoms with Gasteiger partial charge in [-0.25, -0.2) is 0 Å². The van der Waals surface area contributed by atoms with Crippen molar-refractivity contribution in [3.05, 3.63) is 35.4 Å². The minimum atomic E-state index is -0.143. The van der Waals surface area contributed by atoms with Gasteiger partial charge in [-0.2, -0.15) is 10.2 Å². The number of nitrogens with zero attached hydrogens (tertiary/aromatic N) is 4. The van der Waals surface area contributed by atoms with Crippen LogP contribution < -0.4 is 5.32 Å². The van der Waals surface area contributed by atoms with Crippen molar-refractivity contribution < 1.29 is 9.53 Å². The number of carbonyl (C=O) groups excluding carboxylic acids is 1. The van der Waals surface area contributed by atoms with Crippen molar-refractivity contribution in [3.8, 4) is 0 Å². The van der Waals surface area contributed by atoms with Gasteiger partial charge in [0.25, 0.3) is 0 Å². The van der Waals surface area contributed by atoms with Crippen molar-refractivity contribution in [1.29, 1.82) is 0 Å². The Morgan fingerprint density at radius 2 is 2.41 bits per heavy atom. The minimum Gasteiger partial charge on any atom is -0.370 e. The summed E-state index contributed by atoms with van der Waals surface area (Å²) in [6.45, 7) is 1.14. The molecule has 1 N–H and O–H groups in total. The number of halogens is 1. The Hall–Kier alpha value is -1.86. The van der Waals surface area contributed by atoms with Crippen molar-refractivity contribution in [2.75, 3.05) is 6.61 Å². The van der Waals surface area contributed by atoms with Crippen LogP contribution in [0.4, 0.5) is 0 Å². The van der Waals surface area contributed by atoms with Gasteiger partial charge in [0.05, 0.1) is 23.0 Å². The molecule has 0 aliphatic carbocycles. The summed E-state index contributed by atoms with van der Waals surface area (Å²) in [5, 5.41) is 11.8. The Bertz CT molecular complexity index is 653. The fourth-order valence-corrected chi connectivity index (χ4v) is 2.80. The van der Waals surface area contributed by atoms with Crippen LogP contribution in [-0.4, -0.2) is 38.1 Å². The molecule has 22 heavy (non-hydrogen) atoms. The van der Waals surface area contributed by atoms with E-state index in [9.17, 15) is 4.79 Å². The first-order valence-electron chi connectivity index (χ1n) is 7.20. The van der Waals surface area contributed by atoms with Crippen molar-refractivity contribution in [3.63, 3.8) is 0 Å². The van der Waals surface area contributed by atoms with E-state index in [1.54, 1.807) is 28.0 Å². The average molecular weight is 324 g/mol. The number of nitrogens with one attached hydrogen (secondary N) is 1. The Labute approximate surface area is 133 Å². The SMILES string of the molecule is Cn1nccc1[C@H]1OCC[C@@H]1NC(=O)CCn1cc(Cl)cn1. The summed E-state index contributed by atoms with van der Waals surface area (Å²) in [7, 11) is 1.87. The largest absolute Gasteiger partial charge is 0.370 e. The van der Waals surface area contributed by atoms with Crippen LogP contribution in [0.15, 0.2) is 24.7 Å². The summed E-state index contributed by atoms with van der Waals surface area (Å²) in [5.41, 5.74) is 0.974. The monoisotopic (exact) mass is 323 g/mol. The third kappa shape index (κ3) is 3.31. The first kappa shape index (κ1) is 15.1. The predicted octanol–water partition coefficient (Wildman–Crippen LogP) is 1.31. The van der Waals surface area contributed by atoms with Gasteiger partial charge in [-0.1, -0.05) is 11.6 Å². The fraction of sp³-hybridized carbons (Fsp3) is 0.500. The number of aromatic nitrogens is 4. The van der Waals surface area contributed by atoms with E-state index < -0.39 is 0 Å². The lowest BCUT2D eigenvalue weighted by Crippen LogP contribution is -2.37. The minimum absolute atomic E-state index is 0.0192. The molecule has 2 atom stereocenters. The molecule has 2 aromatic heterocycles. The maximum absolute atomic E-state index is 12.1. The molecule has 1 amide bonds. The zero-order chi connectivity index (χ0) is 15.5. The summed E-state index contributed by atoms with van der Waals surface area (Å²) in [4.78, 5) is 12.1. The standard InChI is InChI=1S/C14H18ClN5O2/c1-19-12(2-5-16-19)14-11(4-7-22-14)18-13(21)3-6-20-9-10(15)8-17-20/h2,5,8-9,11,14H,3-4,6-7H2,1H3,(H,18,21)/t11-,14-/m0/s1. The van der Waals surface area contributed by atoms with Gasteiger partial charge in [-0.3, -0.25) is 14.2 Å². The molecule has 0 spiro atoms. The average Bonchev–Trinajstić information content (AvgIpc) is 3.18. The van der Waals surface area contributed by atoms with E-state index in [-0.39, 0.29) is 18.1 Å².